The van der Waals surface area contributed by atoms with E-state index in [1.165, 1.54) is 7.11 Å². The number of aliphatic hydroxyl groups is 1. The standard InChI is InChI=1S/C21H21N5O3/c1-29-20(27)24-17-12-13(5-9-23-17)15-10-14(4-8-21(28)6-2-3-7-21)18-16(11-15)19(22)26-25-18/h5,9-12,28H,2-3,6-7H2,1H3,(H3,22,25,26)(H,23,24,27). The van der Waals surface area contributed by atoms with E-state index < -0.39 is 11.7 Å². The first-order valence-electron chi connectivity index (χ1n) is 9.32. The Balaban J connectivity index is 1.78. The topological polar surface area (TPSA) is 126 Å². The first-order valence-corrected chi connectivity index (χ1v) is 9.32. The molecule has 0 radical (unpaired) electrons. The van der Waals surface area contributed by atoms with Crippen molar-refractivity contribution in [2.24, 2.45) is 0 Å². The van der Waals surface area contributed by atoms with Gasteiger partial charge in [-0.2, -0.15) is 5.10 Å². The van der Waals surface area contributed by atoms with Crippen LogP contribution in [0.2, 0.25) is 0 Å². The number of fused-ring (bicyclic) bond motifs is 1. The average molecular weight is 391 g/mol. The Hall–Kier alpha value is -3.57. The third-order valence-electron chi connectivity index (χ3n) is 5.07. The summed E-state index contributed by atoms with van der Waals surface area (Å²) in [6.45, 7) is 0. The molecule has 2 aromatic heterocycles. The van der Waals surface area contributed by atoms with Crippen molar-refractivity contribution in [2.75, 3.05) is 18.2 Å². The Morgan fingerprint density at radius 3 is 2.86 bits per heavy atom. The molecule has 8 nitrogen and oxygen atoms in total. The zero-order chi connectivity index (χ0) is 20.4. The third-order valence-corrected chi connectivity index (χ3v) is 5.07. The van der Waals surface area contributed by atoms with Crippen molar-refractivity contribution in [1.29, 1.82) is 0 Å². The molecule has 1 fully saturated rings. The molecule has 0 saturated heterocycles. The van der Waals surface area contributed by atoms with Gasteiger partial charge in [0.1, 0.15) is 11.4 Å². The molecule has 1 amide bonds. The SMILES string of the molecule is COC(=O)Nc1cc(-c2cc(C#CC3(O)CCCC3)c3[nH]nc(N)c3c2)ccn1. The van der Waals surface area contributed by atoms with Crippen molar-refractivity contribution in [3.63, 3.8) is 0 Å². The van der Waals surface area contributed by atoms with E-state index in [9.17, 15) is 9.90 Å². The van der Waals surface area contributed by atoms with Crippen LogP contribution in [0.3, 0.4) is 0 Å². The lowest BCUT2D eigenvalue weighted by atomic mass is 9.99. The minimum Gasteiger partial charge on any atom is -0.453 e. The predicted octanol–water partition coefficient (Wildman–Crippen LogP) is 3.04. The van der Waals surface area contributed by atoms with Crippen molar-refractivity contribution >= 4 is 28.6 Å². The van der Waals surface area contributed by atoms with E-state index in [0.717, 1.165) is 34.9 Å². The normalized spacial score (nSPS) is 15.0. The number of hydrogen-bond acceptors (Lipinski definition) is 6. The first kappa shape index (κ1) is 18.8. The Bertz CT molecular complexity index is 1140. The van der Waals surface area contributed by atoms with Crippen molar-refractivity contribution in [1.82, 2.24) is 15.2 Å². The van der Waals surface area contributed by atoms with Crippen molar-refractivity contribution in [3.8, 4) is 23.0 Å². The molecule has 1 aliphatic rings. The van der Waals surface area contributed by atoms with Gasteiger partial charge in [-0.1, -0.05) is 11.8 Å². The molecule has 1 saturated carbocycles. The number of aromatic nitrogens is 3. The second kappa shape index (κ2) is 7.45. The lowest BCUT2D eigenvalue weighted by Gasteiger charge is -2.13. The predicted molar refractivity (Wildman–Crippen MR) is 110 cm³/mol. The van der Waals surface area contributed by atoms with Crippen LogP contribution in [0.1, 0.15) is 31.2 Å². The lowest BCUT2D eigenvalue weighted by Crippen LogP contribution is -2.20. The van der Waals surface area contributed by atoms with Gasteiger partial charge in [0.2, 0.25) is 0 Å². The van der Waals surface area contributed by atoms with E-state index in [1.807, 2.05) is 18.2 Å². The van der Waals surface area contributed by atoms with Crippen LogP contribution in [0.25, 0.3) is 22.0 Å². The maximum Gasteiger partial charge on any atom is 0.412 e. The number of nitrogens with zero attached hydrogens (tertiary/aromatic N) is 2. The van der Waals surface area contributed by atoms with Gasteiger partial charge in [0, 0.05) is 11.6 Å². The second-order valence-corrected chi connectivity index (χ2v) is 7.09. The highest BCUT2D eigenvalue weighted by Gasteiger charge is 2.28. The number of H-pyrrole nitrogens is 1. The van der Waals surface area contributed by atoms with Gasteiger partial charge in [-0.15, -0.1) is 0 Å². The molecule has 4 rings (SSSR count). The molecule has 1 aliphatic carbocycles. The fourth-order valence-corrected chi connectivity index (χ4v) is 3.51. The van der Waals surface area contributed by atoms with Crippen LogP contribution in [-0.2, 0) is 4.74 Å². The number of nitrogens with two attached hydrogens (primary N) is 1. The Labute approximate surface area is 167 Å². The Kier molecular flexibility index (Phi) is 4.82. The van der Waals surface area contributed by atoms with Crippen molar-refractivity contribution in [3.05, 3.63) is 36.0 Å². The number of nitrogens with one attached hydrogen (secondary N) is 2. The van der Waals surface area contributed by atoms with Crippen LogP contribution >= 0.6 is 0 Å². The number of pyridine rings is 1. The fourth-order valence-electron chi connectivity index (χ4n) is 3.51. The molecule has 0 aliphatic heterocycles. The van der Waals surface area contributed by atoms with Gasteiger partial charge in [-0.25, -0.2) is 9.78 Å². The number of hydrogen-bond donors (Lipinski definition) is 4. The van der Waals surface area contributed by atoms with Gasteiger partial charge in [0.15, 0.2) is 5.82 Å². The molecule has 29 heavy (non-hydrogen) atoms. The van der Waals surface area contributed by atoms with Gasteiger partial charge in [0.25, 0.3) is 0 Å². The average Bonchev–Trinajstić information content (AvgIpc) is 3.33. The zero-order valence-corrected chi connectivity index (χ0v) is 16.0. The number of nitrogen functional groups attached to an aromatic ring is 1. The largest absolute Gasteiger partial charge is 0.453 e. The van der Waals surface area contributed by atoms with Crippen LogP contribution < -0.4 is 11.1 Å². The van der Waals surface area contributed by atoms with Crippen LogP contribution in [0.5, 0.6) is 0 Å². The van der Waals surface area contributed by atoms with E-state index in [0.29, 0.717) is 30.0 Å². The summed E-state index contributed by atoms with van der Waals surface area (Å²) >= 11 is 0. The quantitative estimate of drug-likeness (QED) is 0.498. The summed E-state index contributed by atoms with van der Waals surface area (Å²) in [5, 5.41) is 20.9. The van der Waals surface area contributed by atoms with Gasteiger partial charge >= 0.3 is 6.09 Å². The second-order valence-electron chi connectivity index (χ2n) is 7.09. The van der Waals surface area contributed by atoms with E-state index in [1.54, 1.807) is 12.3 Å². The highest BCUT2D eigenvalue weighted by atomic mass is 16.5. The molecule has 148 valence electrons. The van der Waals surface area contributed by atoms with Gasteiger partial charge in [0.05, 0.1) is 18.2 Å². The minimum absolute atomic E-state index is 0.363. The summed E-state index contributed by atoms with van der Waals surface area (Å²) in [5.41, 5.74) is 8.16. The van der Waals surface area contributed by atoms with Crippen LogP contribution in [-0.4, -0.2) is 39.1 Å². The van der Waals surface area contributed by atoms with E-state index in [4.69, 9.17) is 5.73 Å². The fraction of sp³-hybridized carbons (Fsp3) is 0.286. The highest BCUT2D eigenvalue weighted by Crippen LogP contribution is 2.31. The molecule has 1 aromatic carbocycles. The molecule has 0 unspecified atom stereocenters. The molecule has 3 aromatic rings. The number of carbonyl (C=O) groups is 1. The molecule has 0 atom stereocenters. The smallest absolute Gasteiger partial charge is 0.412 e. The minimum atomic E-state index is -0.942. The number of ether oxygens (including phenoxy) is 1. The van der Waals surface area contributed by atoms with Crippen molar-refractivity contribution in [2.45, 2.75) is 31.3 Å². The first-order chi connectivity index (χ1) is 14.0. The molecule has 0 spiro atoms. The van der Waals surface area contributed by atoms with E-state index >= 15 is 0 Å². The molecule has 2 heterocycles. The highest BCUT2D eigenvalue weighted by molar-refractivity contribution is 5.96. The summed E-state index contributed by atoms with van der Waals surface area (Å²) in [4.78, 5) is 15.6. The van der Waals surface area contributed by atoms with Gasteiger partial charge < -0.3 is 15.6 Å². The summed E-state index contributed by atoms with van der Waals surface area (Å²) in [7, 11) is 1.29. The van der Waals surface area contributed by atoms with Crippen LogP contribution in [0.15, 0.2) is 30.5 Å². The Morgan fingerprint density at radius 2 is 2.10 bits per heavy atom. The summed E-state index contributed by atoms with van der Waals surface area (Å²) in [6.07, 6.45) is 4.31. The Morgan fingerprint density at radius 1 is 1.31 bits per heavy atom. The maximum atomic E-state index is 11.5. The zero-order valence-electron chi connectivity index (χ0n) is 16.0. The molecule has 8 heteroatoms. The molecular weight excluding hydrogens is 370 g/mol. The van der Waals surface area contributed by atoms with Gasteiger partial charge in [-0.05, 0) is 61.1 Å². The molecular formula is C21H21N5O3. The number of methoxy groups -OCH3 is 1. The summed E-state index contributed by atoms with van der Waals surface area (Å²) < 4.78 is 4.61. The van der Waals surface area contributed by atoms with E-state index in [-0.39, 0.29) is 0 Å². The van der Waals surface area contributed by atoms with Crippen molar-refractivity contribution < 1.29 is 14.6 Å². The number of rotatable bonds is 2. The van der Waals surface area contributed by atoms with Crippen LogP contribution in [0.4, 0.5) is 16.4 Å². The van der Waals surface area contributed by atoms with Gasteiger partial charge in [-0.3, -0.25) is 10.4 Å². The molecule has 0 bridgehead atoms. The number of anilines is 2. The molecule has 5 N–H and O–H groups in total. The number of amides is 1. The summed E-state index contributed by atoms with van der Waals surface area (Å²) in [5.74, 6) is 6.88. The third kappa shape index (κ3) is 3.86. The number of aromatic amines is 1. The monoisotopic (exact) mass is 391 g/mol. The summed E-state index contributed by atoms with van der Waals surface area (Å²) in [6, 6.07) is 7.36. The van der Waals surface area contributed by atoms with Crippen LogP contribution in [0, 0.1) is 11.8 Å². The number of carbonyl (C=O) groups excluding carboxylic acids is 1. The van der Waals surface area contributed by atoms with E-state index in [2.05, 4.69) is 37.1 Å². The lowest BCUT2D eigenvalue weighted by molar-refractivity contribution is 0.110. The number of benzene rings is 1. The maximum absolute atomic E-state index is 11.5.